The molecule has 138 valence electrons. The Bertz CT molecular complexity index is 899. The molecular weight excluding hydrogens is 457 g/mol. The van der Waals surface area contributed by atoms with Crippen LogP contribution in [0.2, 0.25) is 5.02 Å². The predicted molar refractivity (Wildman–Crippen MR) is 116 cm³/mol. The summed E-state index contributed by atoms with van der Waals surface area (Å²) < 4.78 is 1.92. The quantitative estimate of drug-likeness (QED) is 0.500. The van der Waals surface area contributed by atoms with Crippen molar-refractivity contribution in [2.45, 2.75) is 0 Å². The van der Waals surface area contributed by atoms with Gasteiger partial charge in [0.25, 0.3) is 5.91 Å². The van der Waals surface area contributed by atoms with Gasteiger partial charge in [0.1, 0.15) is 0 Å². The monoisotopic (exact) mass is 473 g/mol. The molecule has 8 heteroatoms. The maximum absolute atomic E-state index is 13.0. The van der Waals surface area contributed by atoms with Crippen LogP contribution in [-0.4, -0.2) is 43.0 Å². The molecule has 0 spiro atoms. The molecule has 0 aliphatic heterocycles. The molecule has 3 rings (SSSR count). The third kappa shape index (κ3) is 4.96. The zero-order valence-electron chi connectivity index (χ0n) is 14.3. The molecule has 4 nitrogen and oxygen atoms in total. The van der Waals surface area contributed by atoms with E-state index < -0.39 is 0 Å². The summed E-state index contributed by atoms with van der Waals surface area (Å²) in [6.45, 7) is 1.31. The average molecular weight is 475 g/mol. The van der Waals surface area contributed by atoms with Gasteiger partial charge in [-0.25, -0.2) is 4.98 Å². The molecular formula is C18H18BrCl2N3OS. The number of likely N-dealkylation sites (N-methyl/N-ethyl adjacent to an activating group) is 1. The summed E-state index contributed by atoms with van der Waals surface area (Å²) in [4.78, 5) is 21.5. The van der Waals surface area contributed by atoms with E-state index in [1.807, 2.05) is 61.5 Å². The highest BCUT2D eigenvalue weighted by atomic mass is 79.9. The van der Waals surface area contributed by atoms with Crippen molar-refractivity contribution in [2.75, 3.05) is 32.1 Å². The molecule has 0 atom stereocenters. The highest BCUT2D eigenvalue weighted by molar-refractivity contribution is 9.10. The van der Waals surface area contributed by atoms with E-state index in [9.17, 15) is 4.79 Å². The first-order valence-corrected chi connectivity index (χ1v) is 9.71. The van der Waals surface area contributed by atoms with Crippen LogP contribution in [0.5, 0.6) is 0 Å². The minimum Gasteiger partial charge on any atom is -0.308 e. The Balaban J connectivity index is 0.00000243. The van der Waals surface area contributed by atoms with Crippen molar-refractivity contribution in [3.63, 3.8) is 0 Å². The molecule has 0 bridgehead atoms. The van der Waals surface area contributed by atoms with Crippen LogP contribution in [0, 0.1) is 0 Å². The summed E-state index contributed by atoms with van der Waals surface area (Å²) in [6, 6.07) is 13.0. The van der Waals surface area contributed by atoms with Gasteiger partial charge in [-0.1, -0.05) is 38.9 Å². The van der Waals surface area contributed by atoms with Gasteiger partial charge in [-0.15, -0.1) is 12.4 Å². The first-order chi connectivity index (χ1) is 11.9. The molecule has 0 fully saturated rings. The number of carbonyl (C=O) groups excluding carboxylic acids is 1. The Morgan fingerprint density at radius 2 is 1.85 bits per heavy atom. The van der Waals surface area contributed by atoms with Crippen molar-refractivity contribution in [2.24, 2.45) is 0 Å². The standard InChI is InChI=1S/C18H17BrClN3OS.ClH/c1-22(2)9-10-23(17(24)12-3-5-13(19)6-4-12)18-21-15-8-7-14(20)11-16(15)25-18;/h3-8,11H,9-10H2,1-2H3;1H. The fraction of sp³-hybridized carbons (Fsp3) is 0.222. The van der Waals surface area contributed by atoms with E-state index in [-0.39, 0.29) is 18.3 Å². The van der Waals surface area contributed by atoms with Gasteiger partial charge in [0.05, 0.1) is 10.2 Å². The number of nitrogens with zero attached hydrogens (tertiary/aromatic N) is 3. The smallest absolute Gasteiger partial charge is 0.260 e. The molecule has 1 amide bonds. The molecule has 26 heavy (non-hydrogen) atoms. The molecule has 0 saturated heterocycles. The van der Waals surface area contributed by atoms with E-state index in [0.717, 1.165) is 21.2 Å². The van der Waals surface area contributed by atoms with E-state index in [1.165, 1.54) is 11.3 Å². The van der Waals surface area contributed by atoms with Crippen molar-refractivity contribution < 1.29 is 4.79 Å². The molecule has 0 radical (unpaired) electrons. The van der Waals surface area contributed by atoms with Crippen LogP contribution in [0.25, 0.3) is 10.2 Å². The molecule has 0 aliphatic rings. The zero-order valence-corrected chi connectivity index (χ0v) is 18.3. The number of amides is 1. The second-order valence-corrected chi connectivity index (χ2v) is 8.24. The number of carbonyl (C=O) groups is 1. The normalized spacial score (nSPS) is 10.8. The number of thiazole rings is 1. The Morgan fingerprint density at radius 1 is 1.15 bits per heavy atom. The Labute approximate surface area is 176 Å². The lowest BCUT2D eigenvalue weighted by molar-refractivity contribution is 0.0985. The molecule has 3 aromatic rings. The first kappa shape index (κ1) is 21.1. The molecule has 1 heterocycles. The summed E-state index contributed by atoms with van der Waals surface area (Å²) in [6.07, 6.45) is 0. The van der Waals surface area contributed by atoms with Crippen LogP contribution in [0.4, 0.5) is 5.13 Å². The van der Waals surface area contributed by atoms with Crippen LogP contribution < -0.4 is 4.90 Å². The fourth-order valence-electron chi connectivity index (χ4n) is 2.33. The molecule has 1 aromatic heterocycles. The van der Waals surface area contributed by atoms with Crippen LogP contribution in [-0.2, 0) is 0 Å². The fourth-order valence-corrected chi connectivity index (χ4v) is 3.86. The summed E-state index contributed by atoms with van der Waals surface area (Å²) in [5.74, 6) is -0.0560. The third-order valence-corrected chi connectivity index (χ3v) is 5.48. The van der Waals surface area contributed by atoms with E-state index in [2.05, 4.69) is 20.9 Å². The maximum atomic E-state index is 13.0. The number of hydrogen-bond acceptors (Lipinski definition) is 4. The van der Waals surface area contributed by atoms with E-state index in [0.29, 0.717) is 22.3 Å². The van der Waals surface area contributed by atoms with Crippen molar-refractivity contribution in [1.82, 2.24) is 9.88 Å². The van der Waals surface area contributed by atoms with Gasteiger partial charge in [0.2, 0.25) is 0 Å². The minimum atomic E-state index is -0.0560. The third-order valence-electron chi connectivity index (χ3n) is 3.68. The second kappa shape index (κ2) is 9.15. The van der Waals surface area contributed by atoms with Crippen LogP contribution in [0.1, 0.15) is 10.4 Å². The minimum absolute atomic E-state index is 0. The number of hydrogen-bond donors (Lipinski definition) is 0. The number of benzene rings is 2. The average Bonchev–Trinajstić information content (AvgIpc) is 2.98. The van der Waals surface area contributed by atoms with Crippen molar-refractivity contribution in [3.8, 4) is 0 Å². The SMILES string of the molecule is CN(C)CCN(C(=O)c1ccc(Br)cc1)c1nc2ccc(Cl)cc2s1.Cl. The summed E-state index contributed by atoms with van der Waals surface area (Å²) >= 11 is 11.0. The molecule has 2 aromatic carbocycles. The Kier molecular flexibility index (Phi) is 7.43. The van der Waals surface area contributed by atoms with Gasteiger partial charge in [-0.05, 0) is 56.6 Å². The van der Waals surface area contributed by atoms with Gasteiger partial charge in [-0.3, -0.25) is 9.69 Å². The van der Waals surface area contributed by atoms with Crippen LogP contribution in [0.15, 0.2) is 46.9 Å². The number of halogens is 3. The first-order valence-electron chi connectivity index (χ1n) is 7.72. The number of fused-ring (bicyclic) bond motifs is 1. The van der Waals surface area contributed by atoms with Crippen LogP contribution >= 0.6 is 51.3 Å². The molecule has 0 N–H and O–H groups in total. The number of rotatable bonds is 5. The van der Waals surface area contributed by atoms with Gasteiger partial charge >= 0.3 is 0 Å². The lowest BCUT2D eigenvalue weighted by atomic mass is 10.2. The van der Waals surface area contributed by atoms with E-state index >= 15 is 0 Å². The Morgan fingerprint density at radius 3 is 2.50 bits per heavy atom. The lowest BCUT2D eigenvalue weighted by Gasteiger charge is -2.22. The molecule has 0 unspecified atom stereocenters. The highest BCUT2D eigenvalue weighted by Gasteiger charge is 2.21. The zero-order chi connectivity index (χ0) is 18.0. The van der Waals surface area contributed by atoms with Crippen molar-refractivity contribution in [1.29, 1.82) is 0 Å². The highest BCUT2D eigenvalue weighted by Crippen LogP contribution is 2.31. The number of anilines is 1. The van der Waals surface area contributed by atoms with Gasteiger partial charge < -0.3 is 4.90 Å². The predicted octanol–water partition coefficient (Wildman–Crippen LogP) is 5.34. The molecule has 0 saturated carbocycles. The Hall–Kier alpha value is -1.18. The van der Waals surface area contributed by atoms with Gasteiger partial charge in [0.15, 0.2) is 5.13 Å². The topological polar surface area (TPSA) is 36.4 Å². The van der Waals surface area contributed by atoms with E-state index in [4.69, 9.17) is 11.6 Å². The largest absolute Gasteiger partial charge is 0.308 e. The second-order valence-electron chi connectivity index (χ2n) is 5.88. The van der Waals surface area contributed by atoms with Crippen LogP contribution in [0.3, 0.4) is 0 Å². The molecule has 0 aliphatic carbocycles. The van der Waals surface area contributed by atoms with E-state index in [1.54, 1.807) is 4.90 Å². The summed E-state index contributed by atoms with van der Waals surface area (Å²) in [5.41, 5.74) is 1.49. The summed E-state index contributed by atoms with van der Waals surface area (Å²) in [7, 11) is 3.97. The lowest BCUT2D eigenvalue weighted by Crippen LogP contribution is -2.36. The van der Waals surface area contributed by atoms with Gasteiger partial charge in [-0.2, -0.15) is 0 Å². The maximum Gasteiger partial charge on any atom is 0.260 e. The van der Waals surface area contributed by atoms with Crippen molar-refractivity contribution in [3.05, 3.63) is 57.5 Å². The van der Waals surface area contributed by atoms with Gasteiger partial charge in [0, 0.05) is 28.1 Å². The number of aromatic nitrogens is 1. The van der Waals surface area contributed by atoms with Crippen molar-refractivity contribution >= 4 is 72.5 Å². The summed E-state index contributed by atoms with van der Waals surface area (Å²) in [5, 5.41) is 1.36.